The van der Waals surface area contributed by atoms with E-state index in [0.29, 0.717) is 0 Å². The van der Waals surface area contributed by atoms with Gasteiger partial charge in [-0.05, 0) is 47.0 Å². The summed E-state index contributed by atoms with van der Waals surface area (Å²) in [5.74, 6) is -0.216. The number of hydrogen-bond acceptors (Lipinski definition) is 2. The normalized spacial score (nSPS) is 11.0. The minimum atomic E-state index is -0.216. The summed E-state index contributed by atoms with van der Waals surface area (Å²) in [7, 11) is 0. The highest BCUT2D eigenvalue weighted by Gasteiger charge is 2.08. The van der Waals surface area contributed by atoms with Gasteiger partial charge >= 0.3 is 0 Å². The summed E-state index contributed by atoms with van der Waals surface area (Å²) >= 11 is 1.70. The molecule has 5 rings (SSSR count). The standard InChI is InChI=1S/C25H16FNS/c26-22-11-9-18(10-12-22)24-14-21-16-27-23(15-25(21)28-24)20-8-4-7-19(13-20)17-5-2-1-3-6-17/h1-16H. The van der Waals surface area contributed by atoms with Crippen LogP contribution in [0.25, 0.3) is 42.9 Å². The molecule has 3 heteroatoms. The number of nitrogens with zero attached hydrogens (tertiary/aromatic N) is 1. The van der Waals surface area contributed by atoms with E-state index in [1.807, 2.05) is 24.4 Å². The van der Waals surface area contributed by atoms with Crippen LogP contribution in [0.1, 0.15) is 0 Å². The first-order valence-corrected chi connectivity index (χ1v) is 9.89. The van der Waals surface area contributed by atoms with Crippen molar-refractivity contribution in [2.45, 2.75) is 0 Å². The maximum absolute atomic E-state index is 13.2. The molecular formula is C25H16FNS. The van der Waals surface area contributed by atoms with Crippen LogP contribution in [0.4, 0.5) is 4.39 Å². The monoisotopic (exact) mass is 381 g/mol. The van der Waals surface area contributed by atoms with Crippen molar-refractivity contribution in [2.75, 3.05) is 0 Å². The van der Waals surface area contributed by atoms with Gasteiger partial charge < -0.3 is 0 Å². The summed E-state index contributed by atoms with van der Waals surface area (Å²) in [4.78, 5) is 5.80. The van der Waals surface area contributed by atoms with Crippen molar-refractivity contribution < 1.29 is 4.39 Å². The summed E-state index contributed by atoms with van der Waals surface area (Å²) in [6.45, 7) is 0. The highest BCUT2D eigenvalue weighted by molar-refractivity contribution is 7.22. The molecule has 0 aliphatic carbocycles. The van der Waals surface area contributed by atoms with Gasteiger partial charge in [-0.2, -0.15) is 0 Å². The zero-order valence-corrected chi connectivity index (χ0v) is 15.8. The first-order valence-electron chi connectivity index (χ1n) is 9.08. The molecule has 0 fully saturated rings. The van der Waals surface area contributed by atoms with Gasteiger partial charge in [0.2, 0.25) is 0 Å². The number of aromatic nitrogens is 1. The molecule has 0 N–H and O–H groups in total. The predicted molar refractivity (Wildman–Crippen MR) is 116 cm³/mol. The number of thiophene rings is 1. The zero-order chi connectivity index (χ0) is 18.9. The molecule has 0 atom stereocenters. The molecule has 0 saturated heterocycles. The summed E-state index contributed by atoms with van der Waals surface area (Å²) in [6, 6.07) is 29.7. The lowest BCUT2D eigenvalue weighted by Crippen LogP contribution is -1.84. The Labute approximate surface area is 166 Å². The van der Waals surface area contributed by atoms with Gasteiger partial charge in [0, 0.05) is 26.7 Å². The Bertz CT molecular complexity index is 1260. The second kappa shape index (κ2) is 7.02. The average molecular weight is 381 g/mol. The Morgan fingerprint density at radius 2 is 1.39 bits per heavy atom. The fraction of sp³-hybridized carbons (Fsp3) is 0. The molecular weight excluding hydrogens is 365 g/mol. The highest BCUT2D eigenvalue weighted by Crippen LogP contribution is 2.35. The third kappa shape index (κ3) is 3.21. The molecule has 1 nitrogen and oxygen atoms in total. The van der Waals surface area contributed by atoms with E-state index in [9.17, 15) is 4.39 Å². The molecule has 5 aromatic rings. The molecule has 3 aromatic carbocycles. The first-order chi connectivity index (χ1) is 13.8. The van der Waals surface area contributed by atoms with Crippen LogP contribution in [0.2, 0.25) is 0 Å². The summed E-state index contributed by atoms with van der Waals surface area (Å²) in [5.41, 5.74) is 5.45. The average Bonchev–Trinajstić information content (AvgIpc) is 3.18. The van der Waals surface area contributed by atoms with Gasteiger partial charge in [-0.1, -0.05) is 60.7 Å². The molecule has 2 heterocycles. The second-order valence-electron chi connectivity index (χ2n) is 6.67. The number of benzene rings is 3. The van der Waals surface area contributed by atoms with Crippen molar-refractivity contribution in [3.8, 4) is 32.8 Å². The molecule has 28 heavy (non-hydrogen) atoms. The summed E-state index contributed by atoms with van der Waals surface area (Å²) in [5, 5.41) is 1.10. The van der Waals surface area contributed by atoms with Crippen molar-refractivity contribution in [1.29, 1.82) is 0 Å². The number of fused-ring (bicyclic) bond motifs is 1. The summed E-state index contributed by atoms with van der Waals surface area (Å²) in [6.07, 6.45) is 1.92. The SMILES string of the molecule is Fc1ccc(-c2cc3cnc(-c4cccc(-c5ccccc5)c4)cc3s2)cc1. The molecule has 0 saturated carbocycles. The van der Waals surface area contributed by atoms with Crippen molar-refractivity contribution in [1.82, 2.24) is 4.98 Å². The molecule has 0 aliphatic heterocycles. The van der Waals surface area contributed by atoms with Gasteiger partial charge in [0.05, 0.1) is 5.69 Å². The van der Waals surface area contributed by atoms with Crippen LogP contribution in [0.3, 0.4) is 0 Å². The van der Waals surface area contributed by atoms with Gasteiger partial charge in [-0.15, -0.1) is 11.3 Å². The molecule has 0 spiro atoms. The van der Waals surface area contributed by atoms with E-state index < -0.39 is 0 Å². The number of rotatable bonds is 3. The van der Waals surface area contributed by atoms with Crippen LogP contribution in [0.15, 0.2) is 97.2 Å². The fourth-order valence-corrected chi connectivity index (χ4v) is 4.41. The predicted octanol–water partition coefficient (Wildman–Crippen LogP) is 7.44. The molecule has 0 bridgehead atoms. The lowest BCUT2D eigenvalue weighted by atomic mass is 10.0. The zero-order valence-electron chi connectivity index (χ0n) is 15.0. The topological polar surface area (TPSA) is 12.9 Å². The lowest BCUT2D eigenvalue weighted by molar-refractivity contribution is 0.628. The molecule has 0 unspecified atom stereocenters. The Morgan fingerprint density at radius 1 is 0.643 bits per heavy atom. The molecule has 0 amide bonds. The highest BCUT2D eigenvalue weighted by atomic mass is 32.1. The first kappa shape index (κ1) is 16.8. The summed E-state index contributed by atoms with van der Waals surface area (Å²) < 4.78 is 14.4. The third-order valence-electron chi connectivity index (χ3n) is 4.80. The Morgan fingerprint density at radius 3 is 2.21 bits per heavy atom. The van der Waals surface area contributed by atoms with Crippen LogP contribution >= 0.6 is 11.3 Å². The molecule has 0 aliphatic rings. The van der Waals surface area contributed by atoms with Gasteiger partial charge in [-0.3, -0.25) is 4.98 Å². The van der Waals surface area contributed by atoms with Gasteiger partial charge in [0.15, 0.2) is 0 Å². The van der Waals surface area contributed by atoms with Crippen LogP contribution in [-0.2, 0) is 0 Å². The second-order valence-corrected chi connectivity index (χ2v) is 7.76. The smallest absolute Gasteiger partial charge is 0.123 e. The van der Waals surface area contributed by atoms with Gasteiger partial charge in [-0.25, -0.2) is 4.39 Å². The van der Waals surface area contributed by atoms with E-state index in [0.717, 1.165) is 27.1 Å². The minimum Gasteiger partial charge on any atom is -0.256 e. The Hall–Kier alpha value is -3.30. The van der Waals surface area contributed by atoms with Crippen molar-refractivity contribution >= 4 is 21.4 Å². The van der Waals surface area contributed by atoms with Gasteiger partial charge in [0.25, 0.3) is 0 Å². The fourth-order valence-electron chi connectivity index (χ4n) is 3.34. The van der Waals surface area contributed by atoms with Crippen LogP contribution in [0, 0.1) is 5.82 Å². The largest absolute Gasteiger partial charge is 0.256 e. The number of halogens is 1. The van der Waals surface area contributed by atoms with Crippen molar-refractivity contribution in [3.05, 3.63) is 103 Å². The van der Waals surface area contributed by atoms with Crippen molar-refractivity contribution in [3.63, 3.8) is 0 Å². The van der Waals surface area contributed by atoms with Crippen LogP contribution in [-0.4, -0.2) is 4.98 Å². The van der Waals surface area contributed by atoms with E-state index in [1.165, 1.54) is 28.0 Å². The van der Waals surface area contributed by atoms with Crippen LogP contribution in [0.5, 0.6) is 0 Å². The number of hydrogen-bond donors (Lipinski definition) is 0. The lowest BCUT2D eigenvalue weighted by Gasteiger charge is -2.05. The van der Waals surface area contributed by atoms with Crippen molar-refractivity contribution in [2.24, 2.45) is 0 Å². The molecule has 134 valence electrons. The van der Waals surface area contributed by atoms with E-state index in [-0.39, 0.29) is 5.82 Å². The maximum atomic E-state index is 13.2. The van der Waals surface area contributed by atoms with E-state index in [2.05, 4.69) is 65.6 Å². The maximum Gasteiger partial charge on any atom is 0.123 e. The van der Waals surface area contributed by atoms with E-state index in [1.54, 1.807) is 11.3 Å². The number of pyridine rings is 1. The van der Waals surface area contributed by atoms with Gasteiger partial charge in [0.1, 0.15) is 5.82 Å². The van der Waals surface area contributed by atoms with E-state index in [4.69, 9.17) is 0 Å². The molecule has 0 radical (unpaired) electrons. The Balaban J connectivity index is 1.54. The Kier molecular flexibility index (Phi) is 4.22. The molecule has 2 aromatic heterocycles. The minimum absolute atomic E-state index is 0.216. The quantitative estimate of drug-likeness (QED) is 0.316. The van der Waals surface area contributed by atoms with Crippen LogP contribution < -0.4 is 0 Å². The third-order valence-corrected chi connectivity index (χ3v) is 5.94. The van der Waals surface area contributed by atoms with E-state index >= 15 is 0 Å².